The van der Waals surface area contributed by atoms with Crippen LogP contribution in [-0.2, 0) is 23.8 Å². The number of carbonyl (C=O) groups is 3. The van der Waals surface area contributed by atoms with Gasteiger partial charge in [-0.15, -0.1) is 0 Å². The second kappa shape index (κ2) is 8.10. The van der Waals surface area contributed by atoms with Gasteiger partial charge in [0.05, 0.1) is 13.2 Å². The molecule has 0 aromatic heterocycles. The van der Waals surface area contributed by atoms with Gasteiger partial charge in [-0.05, 0) is 59.6 Å². The Kier molecular flexibility index (Phi) is 6.85. The van der Waals surface area contributed by atoms with Crippen LogP contribution in [0.25, 0.3) is 0 Å². The van der Waals surface area contributed by atoms with Crippen LogP contribution in [0.5, 0.6) is 0 Å². The highest BCUT2D eigenvalue weighted by molar-refractivity contribution is 5.97. The fourth-order valence-electron chi connectivity index (χ4n) is 3.09. The van der Waals surface area contributed by atoms with Crippen LogP contribution in [-0.4, -0.2) is 52.8 Å². The summed E-state index contributed by atoms with van der Waals surface area (Å²) in [6, 6.07) is 0. The van der Waals surface area contributed by atoms with Gasteiger partial charge < -0.3 is 14.2 Å². The highest BCUT2D eigenvalue weighted by atomic mass is 16.6. The third kappa shape index (κ3) is 3.86. The average Bonchev–Trinajstić information content (AvgIpc) is 2.90. The van der Waals surface area contributed by atoms with E-state index < -0.39 is 34.7 Å². The zero-order valence-corrected chi connectivity index (χ0v) is 16.9. The fourth-order valence-corrected chi connectivity index (χ4v) is 3.09. The van der Waals surface area contributed by atoms with Gasteiger partial charge in [0.2, 0.25) is 0 Å². The predicted octanol–water partition coefficient (Wildman–Crippen LogP) is 3.22. The van der Waals surface area contributed by atoms with Crippen molar-refractivity contribution >= 4 is 18.0 Å². The minimum atomic E-state index is -1.42. The van der Waals surface area contributed by atoms with E-state index in [4.69, 9.17) is 14.2 Å². The fraction of sp³-hybridized carbons (Fsp3) is 0.737. The number of amides is 1. The smallest absolute Gasteiger partial charge is 0.412 e. The van der Waals surface area contributed by atoms with Crippen molar-refractivity contribution < 1.29 is 28.6 Å². The molecule has 0 aromatic rings. The maximum absolute atomic E-state index is 13.1. The Bertz CT molecular complexity index is 543. The van der Waals surface area contributed by atoms with Crippen molar-refractivity contribution in [1.29, 1.82) is 0 Å². The van der Waals surface area contributed by atoms with Crippen molar-refractivity contribution in [3.63, 3.8) is 0 Å². The first kappa shape index (κ1) is 22.0. The van der Waals surface area contributed by atoms with Gasteiger partial charge in [-0.25, -0.2) is 14.4 Å². The molecule has 0 aromatic carbocycles. The molecule has 1 aliphatic rings. The van der Waals surface area contributed by atoms with Crippen LogP contribution in [0.4, 0.5) is 4.79 Å². The molecule has 0 aliphatic carbocycles. The molecule has 0 fully saturated rings. The van der Waals surface area contributed by atoms with Crippen molar-refractivity contribution in [2.75, 3.05) is 13.2 Å². The summed E-state index contributed by atoms with van der Waals surface area (Å²) in [4.78, 5) is 39.8. The lowest BCUT2D eigenvalue weighted by Gasteiger charge is -2.43. The SMILES string of the molecule is CCOC(=O)[C@@]1(CC)C=C[C@](CC)(C(=O)OCC)N1C(=O)OC(C)(C)C. The number of ether oxygens (including phenoxy) is 3. The second-order valence-electron chi connectivity index (χ2n) is 7.15. The standard InChI is InChI=1S/C19H31NO6/c1-8-18(14(21)24-10-3)12-13-19(9-2,15(22)25-11-4)20(18)16(23)26-17(5,6)7/h12-13H,8-11H2,1-7H3/t18-,19-/m1/s1. The average molecular weight is 369 g/mol. The van der Waals surface area contributed by atoms with Gasteiger partial charge in [0.15, 0.2) is 11.1 Å². The first-order valence-corrected chi connectivity index (χ1v) is 9.12. The monoisotopic (exact) mass is 369 g/mol. The molecule has 26 heavy (non-hydrogen) atoms. The van der Waals surface area contributed by atoms with Gasteiger partial charge in [0, 0.05) is 0 Å². The molecule has 0 N–H and O–H groups in total. The number of hydrogen-bond acceptors (Lipinski definition) is 6. The maximum Gasteiger partial charge on any atom is 0.412 e. The number of carbonyl (C=O) groups excluding carboxylic acids is 3. The van der Waals surface area contributed by atoms with Crippen LogP contribution in [0.1, 0.15) is 61.3 Å². The molecule has 2 atom stereocenters. The molecule has 7 heteroatoms. The zero-order chi connectivity index (χ0) is 20.2. The van der Waals surface area contributed by atoms with Gasteiger partial charge in [0.1, 0.15) is 5.60 Å². The Morgan fingerprint density at radius 1 is 0.846 bits per heavy atom. The highest BCUT2D eigenvalue weighted by Gasteiger charge is 2.61. The molecule has 0 unspecified atom stereocenters. The molecule has 0 radical (unpaired) electrons. The van der Waals surface area contributed by atoms with E-state index in [0.717, 1.165) is 0 Å². The first-order valence-electron chi connectivity index (χ1n) is 9.12. The summed E-state index contributed by atoms with van der Waals surface area (Å²) < 4.78 is 16.0. The normalized spacial score (nSPS) is 25.1. The Balaban J connectivity index is 3.53. The molecule has 1 heterocycles. The molecule has 1 rings (SSSR count). The third-order valence-corrected chi connectivity index (χ3v) is 4.34. The van der Waals surface area contributed by atoms with Crippen molar-refractivity contribution in [1.82, 2.24) is 4.90 Å². The molecular weight excluding hydrogens is 338 g/mol. The van der Waals surface area contributed by atoms with Crippen molar-refractivity contribution in [2.24, 2.45) is 0 Å². The summed E-state index contributed by atoms with van der Waals surface area (Å²) in [6.07, 6.45) is 2.85. The Hall–Kier alpha value is -2.05. The van der Waals surface area contributed by atoms with Gasteiger partial charge in [0.25, 0.3) is 0 Å². The molecule has 7 nitrogen and oxygen atoms in total. The van der Waals surface area contributed by atoms with Crippen molar-refractivity contribution in [2.45, 2.75) is 78.0 Å². The topological polar surface area (TPSA) is 82.1 Å². The largest absolute Gasteiger partial charge is 0.464 e. The lowest BCUT2D eigenvalue weighted by atomic mass is 9.92. The summed E-state index contributed by atoms with van der Waals surface area (Å²) in [6.45, 7) is 12.4. The third-order valence-electron chi connectivity index (χ3n) is 4.34. The minimum Gasteiger partial charge on any atom is -0.464 e. The first-order chi connectivity index (χ1) is 12.0. The van der Waals surface area contributed by atoms with Crippen LogP contribution >= 0.6 is 0 Å². The van der Waals surface area contributed by atoms with E-state index in [1.807, 2.05) is 0 Å². The van der Waals surface area contributed by atoms with Crippen molar-refractivity contribution in [3.8, 4) is 0 Å². The Labute approximate surface area is 155 Å². The minimum absolute atomic E-state index is 0.162. The Morgan fingerprint density at radius 3 is 1.50 bits per heavy atom. The summed E-state index contributed by atoms with van der Waals surface area (Å²) in [5.74, 6) is -1.19. The number of rotatable bonds is 6. The summed E-state index contributed by atoms with van der Waals surface area (Å²) >= 11 is 0. The van der Waals surface area contributed by atoms with Crippen LogP contribution in [0, 0.1) is 0 Å². The van der Waals surface area contributed by atoms with E-state index in [1.54, 1.807) is 60.6 Å². The van der Waals surface area contributed by atoms with E-state index in [2.05, 4.69) is 0 Å². The van der Waals surface area contributed by atoms with Crippen LogP contribution in [0.15, 0.2) is 12.2 Å². The van der Waals surface area contributed by atoms with Crippen LogP contribution < -0.4 is 0 Å². The van der Waals surface area contributed by atoms with Gasteiger partial charge in [-0.2, -0.15) is 0 Å². The van der Waals surface area contributed by atoms with E-state index in [-0.39, 0.29) is 26.1 Å². The summed E-state index contributed by atoms with van der Waals surface area (Å²) in [5.41, 5.74) is -3.62. The number of esters is 2. The molecule has 0 saturated heterocycles. The quantitative estimate of drug-likeness (QED) is 0.406. The molecule has 0 spiro atoms. The number of nitrogens with zero attached hydrogens (tertiary/aromatic N) is 1. The highest BCUT2D eigenvalue weighted by Crippen LogP contribution is 2.42. The van der Waals surface area contributed by atoms with Crippen LogP contribution in [0.3, 0.4) is 0 Å². The second-order valence-corrected chi connectivity index (χ2v) is 7.15. The molecular formula is C19H31NO6. The molecule has 1 amide bonds. The number of hydrogen-bond donors (Lipinski definition) is 0. The maximum atomic E-state index is 13.1. The van der Waals surface area contributed by atoms with Gasteiger partial charge in [-0.3, -0.25) is 4.90 Å². The van der Waals surface area contributed by atoms with E-state index >= 15 is 0 Å². The van der Waals surface area contributed by atoms with E-state index in [0.29, 0.717) is 0 Å². The zero-order valence-electron chi connectivity index (χ0n) is 16.9. The van der Waals surface area contributed by atoms with E-state index in [9.17, 15) is 14.4 Å². The molecule has 1 aliphatic heterocycles. The lowest BCUT2D eigenvalue weighted by molar-refractivity contribution is -0.164. The van der Waals surface area contributed by atoms with Crippen molar-refractivity contribution in [3.05, 3.63) is 12.2 Å². The predicted molar refractivity (Wildman–Crippen MR) is 96.5 cm³/mol. The van der Waals surface area contributed by atoms with Gasteiger partial charge in [-0.1, -0.05) is 13.8 Å². The molecule has 0 bridgehead atoms. The van der Waals surface area contributed by atoms with Crippen LogP contribution in [0.2, 0.25) is 0 Å². The Morgan fingerprint density at radius 2 is 1.23 bits per heavy atom. The summed E-state index contributed by atoms with van der Waals surface area (Å²) in [7, 11) is 0. The molecule has 0 saturated carbocycles. The van der Waals surface area contributed by atoms with Gasteiger partial charge >= 0.3 is 18.0 Å². The van der Waals surface area contributed by atoms with E-state index in [1.165, 1.54) is 4.90 Å². The molecule has 148 valence electrons. The summed E-state index contributed by atoms with van der Waals surface area (Å²) in [5, 5.41) is 0. The lowest BCUT2D eigenvalue weighted by Crippen LogP contribution is -2.65.